The number of benzene rings is 1. The third-order valence-corrected chi connectivity index (χ3v) is 4.18. The predicted octanol–water partition coefficient (Wildman–Crippen LogP) is 3.29. The van der Waals surface area contributed by atoms with Crippen molar-refractivity contribution in [1.29, 1.82) is 0 Å². The second kappa shape index (κ2) is 7.65. The van der Waals surface area contributed by atoms with Gasteiger partial charge in [0.05, 0.1) is 12.7 Å². The zero-order valence-electron chi connectivity index (χ0n) is 12.6. The Hall–Kier alpha value is -1.06. The monoisotopic (exact) mass is 277 g/mol. The molecule has 112 valence electrons. The minimum absolute atomic E-state index is 0.162. The number of ether oxygens (including phenoxy) is 1. The fourth-order valence-electron chi connectivity index (χ4n) is 2.88. The molecule has 0 spiro atoms. The van der Waals surface area contributed by atoms with E-state index in [1.54, 1.807) is 0 Å². The van der Waals surface area contributed by atoms with Crippen molar-refractivity contribution in [3.63, 3.8) is 0 Å². The molecular weight excluding hydrogens is 250 g/mol. The summed E-state index contributed by atoms with van der Waals surface area (Å²) in [4.78, 5) is 0. The summed E-state index contributed by atoms with van der Waals surface area (Å²) in [6, 6.07) is 8.03. The third-order valence-electron chi connectivity index (χ3n) is 4.18. The highest BCUT2D eigenvalue weighted by Gasteiger charge is 2.27. The summed E-state index contributed by atoms with van der Waals surface area (Å²) < 4.78 is 5.64. The van der Waals surface area contributed by atoms with Crippen molar-refractivity contribution < 1.29 is 9.84 Å². The Morgan fingerprint density at radius 3 is 3.00 bits per heavy atom. The highest BCUT2D eigenvalue weighted by molar-refractivity contribution is 5.30. The van der Waals surface area contributed by atoms with Crippen LogP contribution in [0, 0.1) is 5.92 Å². The normalized spacial score (nSPS) is 24.4. The molecule has 3 unspecified atom stereocenters. The maximum Gasteiger partial charge on any atom is 0.119 e. The molecule has 0 radical (unpaired) electrons. The Balaban J connectivity index is 2.02. The number of rotatable bonds is 6. The van der Waals surface area contributed by atoms with Gasteiger partial charge in [0.2, 0.25) is 0 Å². The molecule has 2 rings (SSSR count). The largest absolute Gasteiger partial charge is 0.494 e. The topological polar surface area (TPSA) is 41.5 Å². The minimum Gasteiger partial charge on any atom is -0.494 e. The van der Waals surface area contributed by atoms with E-state index in [4.69, 9.17) is 4.74 Å². The number of aliphatic hydroxyl groups excluding tert-OH is 1. The molecule has 0 aromatic heterocycles. The van der Waals surface area contributed by atoms with Crippen molar-refractivity contribution in [2.24, 2.45) is 5.92 Å². The van der Waals surface area contributed by atoms with Gasteiger partial charge in [-0.25, -0.2) is 0 Å². The van der Waals surface area contributed by atoms with Crippen LogP contribution in [0.5, 0.6) is 5.75 Å². The molecular formula is C17H27NO2. The molecule has 0 aliphatic carbocycles. The fraction of sp³-hybridized carbons (Fsp3) is 0.647. The maximum atomic E-state index is 10.6. The lowest BCUT2D eigenvalue weighted by Crippen LogP contribution is -2.42. The molecule has 1 saturated heterocycles. The Bertz CT molecular complexity index is 408. The van der Waals surface area contributed by atoms with Crippen molar-refractivity contribution in [3.05, 3.63) is 29.8 Å². The summed E-state index contributed by atoms with van der Waals surface area (Å²) in [7, 11) is 0. The number of piperidine rings is 1. The van der Waals surface area contributed by atoms with Gasteiger partial charge in [0, 0.05) is 6.04 Å². The zero-order chi connectivity index (χ0) is 14.4. The standard InChI is InChI=1S/C17H27NO2/c1-3-10-20-15-7-5-6-14(12-15)17(19)16-11-13(4-2)8-9-18-16/h5-7,12-13,16-19H,3-4,8-11H2,1-2H3. The van der Waals surface area contributed by atoms with Crippen LogP contribution in [0.3, 0.4) is 0 Å². The predicted molar refractivity (Wildman–Crippen MR) is 82.0 cm³/mol. The van der Waals surface area contributed by atoms with Gasteiger partial charge in [-0.15, -0.1) is 0 Å². The molecule has 1 fully saturated rings. The van der Waals surface area contributed by atoms with Gasteiger partial charge in [0.25, 0.3) is 0 Å². The first-order valence-corrected chi connectivity index (χ1v) is 7.88. The van der Waals surface area contributed by atoms with E-state index in [9.17, 15) is 5.11 Å². The Morgan fingerprint density at radius 2 is 2.25 bits per heavy atom. The van der Waals surface area contributed by atoms with Gasteiger partial charge >= 0.3 is 0 Å². The molecule has 1 aliphatic rings. The molecule has 0 amide bonds. The molecule has 1 aromatic rings. The Labute approximate surface area is 122 Å². The fourth-order valence-corrected chi connectivity index (χ4v) is 2.88. The maximum absolute atomic E-state index is 10.6. The Kier molecular flexibility index (Phi) is 5.86. The molecule has 3 heteroatoms. The van der Waals surface area contributed by atoms with Crippen LogP contribution in [0.4, 0.5) is 0 Å². The van der Waals surface area contributed by atoms with E-state index in [0.717, 1.165) is 43.2 Å². The SMILES string of the molecule is CCCOc1cccc(C(O)C2CC(CC)CCN2)c1. The van der Waals surface area contributed by atoms with Gasteiger partial charge in [0.1, 0.15) is 5.75 Å². The van der Waals surface area contributed by atoms with Crippen LogP contribution in [0.2, 0.25) is 0 Å². The highest BCUT2D eigenvalue weighted by atomic mass is 16.5. The number of hydrogen-bond acceptors (Lipinski definition) is 3. The quantitative estimate of drug-likeness (QED) is 0.838. The number of aliphatic hydroxyl groups is 1. The first-order chi connectivity index (χ1) is 9.74. The van der Waals surface area contributed by atoms with E-state index in [-0.39, 0.29) is 6.04 Å². The molecule has 3 nitrogen and oxygen atoms in total. The summed E-state index contributed by atoms with van der Waals surface area (Å²) in [6.45, 7) is 6.06. The van der Waals surface area contributed by atoms with Crippen LogP contribution in [-0.2, 0) is 0 Å². The van der Waals surface area contributed by atoms with Gasteiger partial charge in [-0.05, 0) is 49.4 Å². The summed E-state index contributed by atoms with van der Waals surface area (Å²) >= 11 is 0. The molecule has 0 saturated carbocycles. The van der Waals surface area contributed by atoms with Gasteiger partial charge in [-0.1, -0.05) is 32.4 Å². The molecule has 1 heterocycles. The molecule has 3 atom stereocenters. The van der Waals surface area contributed by atoms with E-state index in [1.165, 1.54) is 12.8 Å². The van der Waals surface area contributed by atoms with Crippen LogP contribution in [0.1, 0.15) is 51.2 Å². The van der Waals surface area contributed by atoms with E-state index in [0.29, 0.717) is 0 Å². The summed E-state index contributed by atoms with van der Waals surface area (Å²) in [5.74, 6) is 1.58. The summed E-state index contributed by atoms with van der Waals surface area (Å²) in [6.07, 6.45) is 4.02. The van der Waals surface area contributed by atoms with Crippen molar-refractivity contribution in [2.75, 3.05) is 13.2 Å². The van der Waals surface area contributed by atoms with Crippen molar-refractivity contribution in [2.45, 2.75) is 51.7 Å². The Morgan fingerprint density at radius 1 is 1.40 bits per heavy atom. The third kappa shape index (κ3) is 3.97. The zero-order valence-corrected chi connectivity index (χ0v) is 12.6. The minimum atomic E-state index is -0.450. The molecule has 1 aromatic carbocycles. The van der Waals surface area contributed by atoms with Crippen LogP contribution >= 0.6 is 0 Å². The van der Waals surface area contributed by atoms with E-state index >= 15 is 0 Å². The number of hydrogen-bond donors (Lipinski definition) is 2. The second-order valence-electron chi connectivity index (χ2n) is 5.73. The second-order valence-corrected chi connectivity index (χ2v) is 5.73. The van der Waals surface area contributed by atoms with Gasteiger partial charge < -0.3 is 15.2 Å². The lowest BCUT2D eigenvalue weighted by molar-refractivity contribution is 0.0976. The van der Waals surface area contributed by atoms with Crippen molar-refractivity contribution in [3.8, 4) is 5.75 Å². The van der Waals surface area contributed by atoms with Gasteiger partial charge in [-0.2, -0.15) is 0 Å². The summed E-state index contributed by atoms with van der Waals surface area (Å²) in [5, 5.41) is 14.0. The number of nitrogens with one attached hydrogen (secondary N) is 1. The average molecular weight is 277 g/mol. The average Bonchev–Trinajstić information content (AvgIpc) is 2.52. The van der Waals surface area contributed by atoms with Crippen LogP contribution < -0.4 is 10.1 Å². The van der Waals surface area contributed by atoms with E-state index in [1.807, 2.05) is 24.3 Å². The summed E-state index contributed by atoms with van der Waals surface area (Å²) in [5.41, 5.74) is 0.952. The lowest BCUT2D eigenvalue weighted by Gasteiger charge is -2.33. The molecule has 2 N–H and O–H groups in total. The highest BCUT2D eigenvalue weighted by Crippen LogP contribution is 2.29. The first-order valence-electron chi connectivity index (χ1n) is 7.88. The van der Waals surface area contributed by atoms with Crippen molar-refractivity contribution in [1.82, 2.24) is 5.32 Å². The van der Waals surface area contributed by atoms with Crippen LogP contribution in [-0.4, -0.2) is 24.3 Å². The van der Waals surface area contributed by atoms with E-state index < -0.39 is 6.10 Å². The first kappa shape index (κ1) is 15.3. The van der Waals surface area contributed by atoms with Gasteiger partial charge in [-0.3, -0.25) is 0 Å². The van der Waals surface area contributed by atoms with Crippen molar-refractivity contribution >= 4 is 0 Å². The molecule has 1 aliphatic heterocycles. The van der Waals surface area contributed by atoms with Gasteiger partial charge in [0.15, 0.2) is 0 Å². The smallest absolute Gasteiger partial charge is 0.119 e. The molecule has 20 heavy (non-hydrogen) atoms. The van der Waals surface area contributed by atoms with Crippen LogP contribution in [0.15, 0.2) is 24.3 Å². The van der Waals surface area contributed by atoms with E-state index in [2.05, 4.69) is 19.2 Å². The van der Waals surface area contributed by atoms with Crippen LogP contribution in [0.25, 0.3) is 0 Å². The lowest BCUT2D eigenvalue weighted by atomic mass is 9.86. The molecule has 0 bridgehead atoms.